The molecule has 0 saturated heterocycles. The van der Waals surface area contributed by atoms with E-state index in [-0.39, 0.29) is 114 Å². The number of aromatic hydroxyl groups is 6. The molecule has 0 fully saturated rings. The first-order valence-electron chi connectivity index (χ1n) is 18.7. The van der Waals surface area contributed by atoms with E-state index in [9.17, 15) is 30.6 Å². The summed E-state index contributed by atoms with van der Waals surface area (Å²) in [5.41, 5.74) is 2.95. The number of rotatable bonds is 3. The molecule has 1 aliphatic heterocycles. The summed E-state index contributed by atoms with van der Waals surface area (Å²) in [5.74, 6) is -1.35. The van der Waals surface area contributed by atoms with Crippen molar-refractivity contribution < 1.29 is 81.7 Å². The third-order valence-electron chi connectivity index (χ3n) is 10.0. The maximum absolute atomic E-state index is 12.1. The number of anilines is 1. The Hall–Kier alpha value is -3.07. The summed E-state index contributed by atoms with van der Waals surface area (Å²) in [4.78, 5) is 0. The monoisotopic (exact) mass is 902 g/mol. The van der Waals surface area contributed by atoms with E-state index in [4.69, 9.17) is 5.10 Å². The molecule has 0 spiro atoms. The fraction of sp³-hybridized carbons (Fsp3) is 0.533. The topological polar surface area (TPSA) is 149 Å². The number of phenolic OH excluding ortho intramolecular Hbond substituents is 6. The van der Waals surface area contributed by atoms with Gasteiger partial charge in [-0.05, 0) is 95.5 Å². The van der Waals surface area contributed by atoms with Gasteiger partial charge < -0.3 is 60.9 Å². The van der Waals surface area contributed by atoms with Crippen molar-refractivity contribution in [3.63, 3.8) is 0 Å². The van der Waals surface area contributed by atoms with Crippen LogP contribution in [0.1, 0.15) is 169 Å². The van der Waals surface area contributed by atoms with Gasteiger partial charge in [0.05, 0.1) is 23.0 Å². The number of hydrazine groups is 1. The van der Waals surface area contributed by atoms with Gasteiger partial charge in [0.15, 0.2) is 17.2 Å². The van der Waals surface area contributed by atoms with Crippen molar-refractivity contribution in [3.05, 3.63) is 68.8 Å². The minimum Gasteiger partial charge on any atom is -1.00 e. The molecule has 0 amide bonds. The van der Waals surface area contributed by atoms with E-state index in [1.165, 1.54) is 5.12 Å². The summed E-state index contributed by atoms with van der Waals surface area (Å²) in [6.07, 6.45) is 3.20. The summed E-state index contributed by atoms with van der Waals surface area (Å²) >= 11 is 0. The minimum atomic E-state index is -0.571. The number of halogens is 2. The van der Waals surface area contributed by atoms with Gasteiger partial charge in [-0.1, -0.05) is 125 Å². The quantitative estimate of drug-likeness (QED) is 0.193. The van der Waals surface area contributed by atoms with Gasteiger partial charge in [0, 0.05) is 11.1 Å². The zero-order chi connectivity index (χ0) is 41.6. The van der Waals surface area contributed by atoms with E-state index < -0.39 is 32.5 Å². The number of allylic oxidation sites excluding steroid dienone is 1. The summed E-state index contributed by atoms with van der Waals surface area (Å²) in [7, 11) is 0. The number of hydrazone groups is 1. The first-order valence-corrected chi connectivity index (χ1v) is 18.7. The molecular formula is C45H64Cl2N3O6Zr. The second kappa shape index (κ2) is 16.5. The predicted octanol–water partition coefficient (Wildman–Crippen LogP) is 4.28. The van der Waals surface area contributed by atoms with Crippen LogP contribution in [0.5, 0.6) is 34.5 Å². The van der Waals surface area contributed by atoms with Crippen LogP contribution in [-0.4, -0.2) is 36.4 Å². The van der Waals surface area contributed by atoms with Crippen LogP contribution in [-0.2, 0) is 58.7 Å². The molecule has 1 radical (unpaired) electrons. The minimum absolute atomic E-state index is 0. The maximum atomic E-state index is 12.1. The molecule has 9 nitrogen and oxygen atoms in total. The molecule has 3 aromatic carbocycles. The Balaban J connectivity index is 0.00000541. The molecule has 0 bridgehead atoms. The third-order valence-corrected chi connectivity index (χ3v) is 10.0. The van der Waals surface area contributed by atoms with Gasteiger partial charge in [0.25, 0.3) is 0 Å². The Kier molecular flexibility index (Phi) is 15.1. The van der Waals surface area contributed by atoms with E-state index in [2.05, 4.69) is 11.5 Å². The number of hydrogen-bond donors (Lipinski definition) is 7. The average molecular weight is 905 g/mol. The Morgan fingerprint density at radius 3 is 0.947 bits per heavy atom. The fourth-order valence-electron chi connectivity index (χ4n) is 6.80. The molecule has 0 aromatic heterocycles. The molecule has 7 N–H and O–H groups in total. The van der Waals surface area contributed by atoms with Crippen molar-refractivity contribution in [2.24, 2.45) is 5.10 Å². The summed E-state index contributed by atoms with van der Waals surface area (Å²) < 4.78 is 0. The normalized spacial score (nSPS) is 14.1. The maximum Gasteiger partial charge on any atom is 3.00 e. The Bertz CT molecular complexity index is 1950. The summed E-state index contributed by atoms with van der Waals surface area (Å²) in [6.45, 7) is 35.3. The van der Waals surface area contributed by atoms with Gasteiger partial charge in [-0.2, -0.15) is 10.2 Å². The summed E-state index contributed by atoms with van der Waals surface area (Å²) in [5, 5.41) is 78.3. The molecule has 1 heterocycles. The van der Waals surface area contributed by atoms with E-state index in [1.54, 1.807) is 12.1 Å². The Morgan fingerprint density at radius 1 is 0.439 bits per heavy atom. The zero-order valence-electron chi connectivity index (χ0n) is 37.1. The van der Waals surface area contributed by atoms with Crippen LogP contribution in [0.3, 0.4) is 0 Å². The van der Waals surface area contributed by atoms with E-state index in [0.717, 1.165) is 0 Å². The van der Waals surface area contributed by atoms with Crippen molar-refractivity contribution in [1.82, 2.24) is 5.43 Å². The van der Waals surface area contributed by atoms with E-state index >= 15 is 0 Å². The molecule has 4 rings (SSSR count). The number of benzene rings is 3. The Labute approximate surface area is 372 Å². The molecule has 313 valence electrons. The van der Waals surface area contributed by atoms with Crippen LogP contribution >= 0.6 is 0 Å². The van der Waals surface area contributed by atoms with Crippen molar-refractivity contribution >= 4 is 17.1 Å². The summed E-state index contributed by atoms with van der Waals surface area (Å²) in [6, 6.07) is 5.41. The Morgan fingerprint density at radius 2 is 0.684 bits per heavy atom. The van der Waals surface area contributed by atoms with E-state index in [1.807, 2.05) is 131 Å². The van der Waals surface area contributed by atoms with Crippen LogP contribution < -0.4 is 35.4 Å². The molecular weight excluding hydrogens is 841 g/mol. The predicted molar refractivity (Wildman–Crippen MR) is 220 cm³/mol. The van der Waals surface area contributed by atoms with Gasteiger partial charge >= 0.3 is 26.2 Å². The molecule has 57 heavy (non-hydrogen) atoms. The second-order valence-electron chi connectivity index (χ2n) is 21.0. The standard InChI is InChI=1S/C45H64N3O6.2ClH.Zr/c1-40(2,3)23-19-24(41(4,5)6)35(50)31(34(23)49)29-22-30(32-36(51)25(42(7,8)9)20-26(37(32)52)43(10,11)12)47-48(46-29)33-38(53)27(44(13,14)15)21-28(39(33)54)45(16,17)18;;;/h19-21,46,49-54H,1-18H3;2*1H;/q-1;;;+3/p-2. The van der Waals surface area contributed by atoms with Gasteiger partial charge in [0.1, 0.15) is 0 Å². The van der Waals surface area contributed by atoms with Crippen molar-refractivity contribution in [2.75, 3.05) is 5.12 Å². The van der Waals surface area contributed by atoms with Gasteiger partial charge in [0.2, 0.25) is 0 Å². The first-order chi connectivity index (χ1) is 24.1. The van der Waals surface area contributed by atoms with Crippen LogP contribution in [0.15, 0.2) is 23.3 Å². The molecule has 0 aliphatic carbocycles. The van der Waals surface area contributed by atoms with Crippen LogP contribution in [0.25, 0.3) is 5.70 Å². The molecule has 0 unspecified atom stereocenters. The molecule has 3 aromatic rings. The van der Waals surface area contributed by atoms with Crippen LogP contribution in [0, 0.1) is 6.08 Å². The molecule has 1 aliphatic rings. The molecule has 0 saturated carbocycles. The molecule has 12 heteroatoms. The van der Waals surface area contributed by atoms with Crippen LogP contribution in [0.2, 0.25) is 0 Å². The van der Waals surface area contributed by atoms with Crippen molar-refractivity contribution in [2.45, 2.75) is 157 Å². The number of hydrogen-bond acceptors (Lipinski definition) is 9. The van der Waals surface area contributed by atoms with Gasteiger partial charge in [-0.15, -0.1) is 6.08 Å². The smallest absolute Gasteiger partial charge is 1.00 e. The largest absolute Gasteiger partial charge is 3.00 e. The molecule has 0 atom stereocenters. The van der Waals surface area contributed by atoms with Crippen LogP contribution in [0.4, 0.5) is 5.69 Å². The van der Waals surface area contributed by atoms with E-state index in [0.29, 0.717) is 33.4 Å². The SMILES string of the molecule is CC(C)(C)c1cc(C(C)(C)C)c(O)c(C2=[C-]C(c3c(O)c(C(C)(C)C)cc(C(C)(C)C)c3O)=NN(c3c(O)c(C(C)(C)C)cc(C(C)(C)C)c3O)N2)c1O.[Cl-].[Cl-].[Zr+3]. The van der Waals surface area contributed by atoms with Gasteiger partial charge in [-0.3, -0.25) is 0 Å². The first kappa shape index (κ1) is 52.0. The number of phenols is 6. The van der Waals surface area contributed by atoms with Crippen molar-refractivity contribution in [1.29, 1.82) is 0 Å². The third kappa shape index (κ3) is 10.0. The second-order valence-corrected chi connectivity index (χ2v) is 21.0. The average Bonchev–Trinajstić information content (AvgIpc) is 2.93. The number of nitrogens with one attached hydrogen (secondary N) is 1. The van der Waals surface area contributed by atoms with Crippen molar-refractivity contribution in [3.8, 4) is 34.5 Å². The zero-order valence-corrected chi connectivity index (χ0v) is 41.0. The fourth-order valence-corrected chi connectivity index (χ4v) is 6.80. The number of nitrogens with zero attached hydrogens (tertiary/aromatic N) is 2. The van der Waals surface area contributed by atoms with Gasteiger partial charge in [-0.25, -0.2) is 0 Å².